The van der Waals surface area contributed by atoms with Crippen LogP contribution in [0.5, 0.6) is 0 Å². The number of aliphatic hydroxyl groups is 1. The summed E-state index contributed by atoms with van der Waals surface area (Å²) in [4.78, 5) is 72.3. The van der Waals surface area contributed by atoms with E-state index in [9.17, 15) is 43.2 Å². The Morgan fingerprint density at radius 3 is 0.953 bits per heavy atom. The molecule has 2 unspecified atom stereocenters. The van der Waals surface area contributed by atoms with Gasteiger partial charge in [0.15, 0.2) is 12.2 Å². The Morgan fingerprint density at radius 2 is 0.628 bits per heavy atom. The molecule has 0 fully saturated rings. The predicted octanol–water partition coefficient (Wildman–Crippen LogP) is 18.4. The molecule has 0 spiro atoms. The van der Waals surface area contributed by atoms with Crippen LogP contribution in [0.2, 0.25) is 0 Å². The van der Waals surface area contributed by atoms with E-state index in [0.29, 0.717) is 37.5 Å². The zero-order chi connectivity index (χ0) is 63.6. The van der Waals surface area contributed by atoms with Gasteiger partial charge in [-0.1, -0.05) is 258 Å². The van der Waals surface area contributed by atoms with Gasteiger partial charge in [-0.05, 0) is 63.2 Å². The summed E-state index contributed by atoms with van der Waals surface area (Å²) in [5.74, 6) is -0.792. The maximum Gasteiger partial charge on any atom is 0.472 e. The van der Waals surface area contributed by atoms with Crippen molar-refractivity contribution in [1.82, 2.24) is 0 Å². The van der Waals surface area contributed by atoms with E-state index in [0.717, 1.165) is 109 Å². The van der Waals surface area contributed by atoms with E-state index in [1.807, 2.05) is 0 Å². The molecule has 5 atom stereocenters. The minimum absolute atomic E-state index is 0.0848. The Balaban J connectivity index is 5.28. The van der Waals surface area contributed by atoms with E-state index >= 15 is 0 Å². The minimum atomic E-state index is -4.96. The fourth-order valence-corrected chi connectivity index (χ4v) is 11.1. The first-order chi connectivity index (χ1) is 41.4. The van der Waals surface area contributed by atoms with Crippen LogP contribution in [0, 0.1) is 11.8 Å². The summed E-state index contributed by atoms with van der Waals surface area (Å²) < 4.78 is 68.0. The molecule has 86 heavy (non-hydrogen) atoms. The van der Waals surface area contributed by atoms with Gasteiger partial charge in [-0.3, -0.25) is 37.3 Å². The minimum Gasteiger partial charge on any atom is -0.462 e. The van der Waals surface area contributed by atoms with Crippen molar-refractivity contribution < 1.29 is 80.2 Å². The molecule has 19 heteroatoms. The van der Waals surface area contributed by atoms with Crippen LogP contribution in [0.4, 0.5) is 0 Å². The highest BCUT2D eigenvalue weighted by atomic mass is 31.2. The fraction of sp³-hybridized carbons (Fsp3) is 0.881. The molecular weight excluding hydrogens is 1140 g/mol. The lowest BCUT2D eigenvalue weighted by Crippen LogP contribution is -2.30. The van der Waals surface area contributed by atoms with Crippen molar-refractivity contribution in [2.75, 3.05) is 39.6 Å². The number of carbonyl (C=O) groups excluding carboxylic acids is 4. The van der Waals surface area contributed by atoms with E-state index in [4.69, 9.17) is 37.0 Å². The van der Waals surface area contributed by atoms with Gasteiger partial charge in [0, 0.05) is 25.7 Å². The van der Waals surface area contributed by atoms with Gasteiger partial charge in [-0.25, -0.2) is 9.13 Å². The third kappa shape index (κ3) is 60.5. The van der Waals surface area contributed by atoms with Crippen molar-refractivity contribution in [2.24, 2.45) is 11.8 Å². The van der Waals surface area contributed by atoms with E-state index in [1.54, 1.807) is 0 Å². The van der Waals surface area contributed by atoms with Crippen molar-refractivity contribution in [1.29, 1.82) is 0 Å². The number of hydrogen-bond acceptors (Lipinski definition) is 15. The molecule has 0 aromatic heterocycles. The normalized spacial score (nSPS) is 14.4. The quantitative estimate of drug-likeness (QED) is 0.0169. The van der Waals surface area contributed by atoms with Gasteiger partial charge in [-0.2, -0.15) is 0 Å². The van der Waals surface area contributed by atoms with Crippen LogP contribution in [0.3, 0.4) is 0 Å². The molecule has 3 N–H and O–H groups in total. The highest BCUT2D eigenvalue weighted by Crippen LogP contribution is 2.45. The molecule has 0 amide bonds. The molecule has 0 aromatic carbocycles. The zero-order valence-electron chi connectivity index (χ0n) is 55.1. The molecular formula is C67H126O17P2. The summed E-state index contributed by atoms with van der Waals surface area (Å²) in [6, 6.07) is 0. The monoisotopic (exact) mass is 1260 g/mol. The number of allylic oxidation sites excluding steroid dienone is 4. The lowest BCUT2D eigenvalue weighted by atomic mass is 10.0. The summed E-state index contributed by atoms with van der Waals surface area (Å²) in [7, 11) is -9.90. The lowest BCUT2D eigenvalue weighted by molar-refractivity contribution is -0.161. The van der Waals surface area contributed by atoms with Crippen LogP contribution < -0.4 is 0 Å². The average Bonchev–Trinajstić information content (AvgIpc) is 3.62. The molecule has 506 valence electrons. The van der Waals surface area contributed by atoms with E-state index in [2.05, 4.69) is 65.8 Å². The summed E-state index contributed by atoms with van der Waals surface area (Å²) in [5.41, 5.74) is 0. The summed E-state index contributed by atoms with van der Waals surface area (Å²) in [6.45, 7) is 9.30. The van der Waals surface area contributed by atoms with Crippen LogP contribution in [-0.2, 0) is 65.4 Å². The Bertz CT molecular complexity index is 1780. The molecule has 0 aliphatic heterocycles. The first-order valence-corrected chi connectivity index (χ1v) is 37.3. The molecule has 0 aliphatic rings. The van der Waals surface area contributed by atoms with Gasteiger partial charge in [0.1, 0.15) is 19.3 Å². The number of hydrogen-bond donors (Lipinski definition) is 3. The Kier molecular flexibility index (Phi) is 57.2. The first-order valence-electron chi connectivity index (χ1n) is 34.3. The maximum absolute atomic E-state index is 13.0. The number of phosphoric acid groups is 2. The number of phosphoric ester groups is 2. The summed E-state index contributed by atoms with van der Waals surface area (Å²) in [6.07, 6.45) is 45.5. The third-order valence-electron chi connectivity index (χ3n) is 14.8. The number of ether oxygens (including phenoxy) is 4. The van der Waals surface area contributed by atoms with Crippen molar-refractivity contribution >= 4 is 39.5 Å². The maximum atomic E-state index is 13.0. The van der Waals surface area contributed by atoms with Gasteiger partial charge in [0.25, 0.3) is 0 Å². The molecule has 0 heterocycles. The van der Waals surface area contributed by atoms with Crippen molar-refractivity contribution in [2.45, 2.75) is 330 Å². The SMILES string of the molecule is CCCCCC/C=C\C=C/CCCCCCCC(=O)O[C@H](COC(=O)CCCCCCCCCCCCCC)COP(=O)(O)OC[C@@H](O)COP(=O)(O)OC[C@@H](COC(=O)CCCCCCCCC(C)C)OC(=O)CCCCCCCCCC(C)C. The number of carbonyl (C=O) groups is 4. The summed E-state index contributed by atoms with van der Waals surface area (Å²) in [5, 5.41) is 10.5. The van der Waals surface area contributed by atoms with E-state index < -0.39 is 97.5 Å². The highest BCUT2D eigenvalue weighted by Gasteiger charge is 2.30. The van der Waals surface area contributed by atoms with Gasteiger partial charge < -0.3 is 33.8 Å². The van der Waals surface area contributed by atoms with Crippen molar-refractivity contribution in [3.8, 4) is 0 Å². The van der Waals surface area contributed by atoms with E-state index in [1.165, 1.54) is 109 Å². The third-order valence-corrected chi connectivity index (χ3v) is 16.7. The van der Waals surface area contributed by atoms with Gasteiger partial charge in [-0.15, -0.1) is 0 Å². The number of rotatable bonds is 64. The highest BCUT2D eigenvalue weighted by molar-refractivity contribution is 7.47. The van der Waals surface area contributed by atoms with Crippen LogP contribution >= 0.6 is 15.6 Å². The largest absolute Gasteiger partial charge is 0.472 e. The van der Waals surface area contributed by atoms with Gasteiger partial charge in [0.05, 0.1) is 26.4 Å². The second-order valence-electron chi connectivity index (χ2n) is 24.5. The first kappa shape index (κ1) is 83.5. The average molecular weight is 1270 g/mol. The Labute approximate surface area is 522 Å². The second kappa shape index (κ2) is 58.9. The predicted molar refractivity (Wildman–Crippen MR) is 344 cm³/mol. The second-order valence-corrected chi connectivity index (χ2v) is 27.4. The fourth-order valence-electron chi connectivity index (χ4n) is 9.52. The molecule has 0 aromatic rings. The van der Waals surface area contributed by atoms with Crippen LogP contribution in [0.25, 0.3) is 0 Å². The lowest BCUT2D eigenvalue weighted by Gasteiger charge is -2.21. The van der Waals surface area contributed by atoms with Crippen molar-refractivity contribution in [3.63, 3.8) is 0 Å². The summed E-state index contributed by atoms with van der Waals surface area (Å²) >= 11 is 0. The number of unbranched alkanes of at least 4 members (excludes halogenated alkanes) is 31. The Hall–Kier alpha value is -2.46. The number of aliphatic hydroxyl groups excluding tert-OH is 1. The van der Waals surface area contributed by atoms with Gasteiger partial charge >= 0.3 is 39.5 Å². The molecule has 0 saturated carbocycles. The molecule has 0 aliphatic carbocycles. The van der Waals surface area contributed by atoms with Crippen LogP contribution in [0.1, 0.15) is 311 Å². The van der Waals surface area contributed by atoms with Crippen LogP contribution in [0.15, 0.2) is 24.3 Å². The van der Waals surface area contributed by atoms with E-state index in [-0.39, 0.29) is 25.7 Å². The molecule has 0 radical (unpaired) electrons. The number of esters is 4. The molecule has 0 bridgehead atoms. The van der Waals surface area contributed by atoms with Crippen molar-refractivity contribution in [3.05, 3.63) is 24.3 Å². The van der Waals surface area contributed by atoms with Crippen LogP contribution in [-0.4, -0.2) is 96.7 Å². The van der Waals surface area contributed by atoms with Gasteiger partial charge in [0.2, 0.25) is 0 Å². The standard InChI is InChI=1S/C67H126O17P2/c1-7-9-11-13-15-17-19-21-22-23-25-27-31-39-45-51-66(71)83-62(55-77-64(69)49-43-37-30-26-24-20-18-16-14-12-10-8-2)57-81-85(73,74)79-53-61(68)54-80-86(75,76)82-58-63(56-78-65(70)50-44-38-34-33-36-42-48-60(5)6)84-67(72)52-46-40-32-28-29-35-41-47-59(3)4/h17,19,21-22,59-63,68H,7-16,18,20,23-58H2,1-6H3,(H,73,74)(H,75,76)/b19-17-,22-21-/t61-,62-,63-/m1/s1. The topological polar surface area (TPSA) is 237 Å². The smallest absolute Gasteiger partial charge is 0.462 e. The zero-order valence-corrected chi connectivity index (χ0v) is 56.9. The molecule has 0 rings (SSSR count). The Morgan fingerprint density at radius 1 is 0.360 bits per heavy atom. The molecule has 0 saturated heterocycles. The molecule has 17 nitrogen and oxygen atoms in total.